The van der Waals surface area contributed by atoms with E-state index in [-0.39, 0.29) is 0 Å². The van der Waals surface area contributed by atoms with Crippen molar-refractivity contribution in [3.05, 3.63) is 65.8 Å². The molecule has 3 heteroatoms. The summed E-state index contributed by atoms with van der Waals surface area (Å²) in [6.07, 6.45) is 0. The molecule has 0 radical (unpaired) electrons. The molecule has 0 bridgehead atoms. The molecule has 1 unspecified atom stereocenters. The van der Waals surface area contributed by atoms with Gasteiger partial charge in [0.05, 0.1) is 0 Å². The Hall–Kier alpha value is -0.140. The van der Waals surface area contributed by atoms with Crippen molar-refractivity contribution in [1.29, 1.82) is 0 Å². The highest BCUT2D eigenvalue weighted by Crippen LogP contribution is 2.22. The standard InChI is InChI=1S/C17H19I2N/c1-11-4-5-12(2)14(8-11)10-20-13(3)16-7-6-15(18)9-17(16)19/h4-9,13,20H,10H2,1-3H3. The second kappa shape index (κ2) is 7.22. The maximum atomic E-state index is 3.64. The molecular formula is C17H19I2N. The summed E-state index contributed by atoms with van der Waals surface area (Å²) in [6, 6.07) is 13.6. The second-order valence-electron chi connectivity index (χ2n) is 5.20. The van der Waals surface area contributed by atoms with Crippen molar-refractivity contribution in [2.45, 2.75) is 33.4 Å². The van der Waals surface area contributed by atoms with Crippen LogP contribution in [0.5, 0.6) is 0 Å². The minimum Gasteiger partial charge on any atom is -0.306 e. The summed E-state index contributed by atoms with van der Waals surface area (Å²) in [7, 11) is 0. The molecule has 0 amide bonds. The van der Waals surface area contributed by atoms with Crippen molar-refractivity contribution >= 4 is 45.2 Å². The molecule has 0 aliphatic carbocycles. The molecule has 0 aliphatic rings. The number of hydrogen-bond acceptors (Lipinski definition) is 1. The van der Waals surface area contributed by atoms with E-state index in [4.69, 9.17) is 0 Å². The summed E-state index contributed by atoms with van der Waals surface area (Å²) in [6.45, 7) is 7.47. The Bertz CT molecular complexity index is 608. The van der Waals surface area contributed by atoms with Gasteiger partial charge in [-0.05, 0) is 94.8 Å². The fourth-order valence-corrected chi connectivity index (χ4v) is 4.29. The van der Waals surface area contributed by atoms with Gasteiger partial charge in [0.2, 0.25) is 0 Å². The van der Waals surface area contributed by atoms with Gasteiger partial charge in [0.25, 0.3) is 0 Å². The van der Waals surface area contributed by atoms with E-state index in [0.29, 0.717) is 6.04 Å². The van der Waals surface area contributed by atoms with Gasteiger partial charge in [-0.1, -0.05) is 29.8 Å². The molecule has 20 heavy (non-hydrogen) atoms. The molecule has 2 rings (SSSR count). The summed E-state index contributed by atoms with van der Waals surface area (Å²) in [4.78, 5) is 0. The Morgan fingerprint density at radius 2 is 1.80 bits per heavy atom. The molecular weight excluding hydrogens is 472 g/mol. The summed E-state index contributed by atoms with van der Waals surface area (Å²) in [5.41, 5.74) is 5.44. The highest BCUT2D eigenvalue weighted by molar-refractivity contribution is 14.1. The van der Waals surface area contributed by atoms with Gasteiger partial charge >= 0.3 is 0 Å². The van der Waals surface area contributed by atoms with Crippen LogP contribution in [0.15, 0.2) is 36.4 Å². The molecule has 2 aromatic carbocycles. The lowest BCUT2D eigenvalue weighted by Gasteiger charge is -2.17. The van der Waals surface area contributed by atoms with Crippen molar-refractivity contribution in [3.8, 4) is 0 Å². The van der Waals surface area contributed by atoms with Crippen LogP contribution < -0.4 is 5.32 Å². The van der Waals surface area contributed by atoms with Gasteiger partial charge in [-0.3, -0.25) is 0 Å². The van der Waals surface area contributed by atoms with Crippen LogP contribution in [0.4, 0.5) is 0 Å². The first-order chi connectivity index (χ1) is 9.47. The van der Waals surface area contributed by atoms with Crippen molar-refractivity contribution in [2.75, 3.05) is 0 Å². The van der Waals surface area contributed by atoms with Gasteiger partial charge in [-0.15, -0.1) is 0 Å². The third-order valence-corrected chi connectivity index (χ3v) is 5.14. The molecule has 0 spiro atoms. The minimum absolute atomic E-state index is 0.360. The van der Waals surface area contributed by atoms with Gasteiger partial charge in [-0.2, -0.15) is 0 Å². The van der Waals surface area contributed by atoms with Crippen molar-refractivity contribution < 1.29 is 0 Å². The van der Waals surface area contributed by atoms with E-state index in [1.54, 1.807) is 0 Å². The Kier molecular flexibility index (Phi) is 5.86. The maximum absolute atomic E-state index is 3.64. The number of aryl methyl sites for hydroxylation is 2. The monoisotopic (exact) mass is 491 g/mol. The topological polar surface area (TPSA) is 12.0 Å². The number of benzene rings is 2. The fraction of sp³-hybridized carbons (Fsp3) is 0.294. The average molecular weight is 491 g/mol. The van der Waals surface area contributed by atoms with Crippen LogP contribution in [0, 0.1) is 21.0 Å². The lowest BCUT2D eigenvalue weighted by Crippen LogP contribution is -2.19. The van der Waals surface area contributed by atoms with Gasteiger partial charge in [-0.25, -0.2) is 0 Å². The molecule has 0 fully saturated rings. The number of hydrogen-bond donors (Lipinski definition) is 1. The molecule has 2 aromatic rings. The fourth-order valence-electron chi connectivity index (χ4n) is 2.22. The van der Waals surface area contributed by atoms with E-state index in [0.717, 1.165) is 6.54 Å². The van der Waals surface area contributed by atoms with E-state index < -0.39 is 0 Å². The van der Waals surface area contributed by atoms with Gasteiger partial charge in [0.1, 0.15) is 0 Å². The van der Waals surface area contributed by atoms with E-state index in [9.17, 15) is 0 Å². The van der Waals surface area contributed by atoms with Crippen molar-refractivity contribution in [2.24, 2.45) is 0 Å². The van der Waals surface area contributed by atoms with Crippen LogP contribution in [-0.2, 0) is 6.54 Å². The molecule has 1 atom stereocenters. The van der Waals surface area contributed by atoms with E-state index in [2.05, 4.69) is 108 Å². The zero-order chi connectivity index (χ0) is 14.7. The molecule has 1 N–H and O–H groups in total. The van der Waals surface area contributed by atoms with Crippen LogP contribution in [0.3, 0.4) is 0 Å². The van der Waals surface area contributed by atoms with Crippen LogP contribution in [-0.4, -0.2) is 0 Å². The zero-order valence-electron chi connectivity index (χ0n) is 12.0. The third kappa shape index (κ3) is 4.18. The first kappa shape index (κ1) is 16.2. The first-order valence-electron chi connectivity index (χ1n) is 6.72. The molecule has 0 saturated carbocycles. The molecule has 0 heterocycles. The number of halogens is 2. The summed E-state index contributed by atoms with van der Waals surface area (Å²) in [5.74, 6) is 0. The third-order valence-electron chi connectivity index (χ3n) is 3.53. The predicted octanol–water partition coefficient (Wildman–Crippen LogP) is 5.36. The zero-order valence-corrected chi connectivity index (χ0v) is 16.3. The molecule has 1 nitrogen and oxygen atoms in total. The predicted molar refractivity (Wildman–Crippen MR) is 103 cm³/mol. The van der Waals surface area contributed by atoms with Gasteiger partial charge in [0, 0.05) is 19.7 Å². The Labute approximate surface area is 148 Å². The van der Waals surface area contributed by atoms with E-state index >= 15 is 0 Å². The van der Waals surface area contributed by atoms with Crippen LogP contribution >= 0.6 is 45.2 Å². The maximum Gasteiger partial charge on any atom is 0.0305 e. The average Bonchev–Trinajstić information content (AvgIpc) is 2.39. The highest BCUT2D eigenvalue weighted by atomic mass is 127. The van der Waals surface area contributed by atoms with Crippen LogP contribution in [0.25, 0.3) is 0 Å². The SMILES string of the molecule is Cc1ccc(C)c(CNC(C)c2ccc(I)cc2I)c1. The molecule has 106 valence electrons. The normalized spacial score (nSPS) is 12.4. The second-order valence-corrected chi connectivity index (χ2v) is 7.61. The van der Waals surface area contributed by atoms with Gasteiger partial charge < -0.3 is 5.32 Å². The largest absolute Gasteiger partial charge is 0.306 e. The van der Waals surface area contributed by atoms with Crippen LogP contribution in [0.1, 0.15) is 35.2 Å². The summed E-state index contributed by atoms with van der Waals surface area (Å²) in [5, 5.41) is 3.64. The Morgan fingerprint density at radius 1 is 1.05 bits per heavy atom. The summed E-state index contributed by atoms with van der Waals surface area (Å²) < 4.78 is 2.62. The quantitative estimate of drug-likeness (QED) is 0.568. The van der Waals surface area contributed by atoms with Crippen LogP contribution in [0.2, 0.25) is 0 Å². The van der Waals surface area contributed by atoms with Crippen molar-refractivity contribution in [3.63, 3.8) is 0 Å². The van der Waals surface area contributed by atoms with Crippen molar-refractivity contribution in [1.82, 2.24) is 5.32 Å². The Balaban J connectivity index is 2.08. The number of nitrogens with one attached hydrogen (secondary N) is 1. The molecule has 0 aromatic heterocycles. The smallest absolute Gasteiger partial charge is 0.0305 e. The molecule has 0 aliphatic heterocycles. The summed E-state index contributed by atoms with van der Waals surface area (Å²) >= 11 is 4.78. The minimum atomic E-state index is 0.360. The van der Waals surface area contributed by atoms with E-state index in [1.165, 1.54) is 29.4 Å². The number of rotatable bonds is 4. The lowest BCUT2D eigenvalue weighted by molar-refractivity contribution is 0.571. The molecule has 0 saturated heterocycles. The van der Waals surface area contributed by atoms with E-state index in [1.807, 2.05) is 0 Å². The highest BCUT2D eigenvalue weighted by Gasteiger charge is 2.09. The van der Waals surface area contributed by atoms with Gasteiger partial charge in [0.15, 0.2) is 0 Å². The Morgan fingerprint density at radius 3 is 2.50 bits per heavy atom. The lowest BCUT2D eigenvalue weighted by atomic mass is 10.0. The first-order valence-corrected chi connectivity index (χ1v) is 8.87.